The summed E-state index contributed by atoms with van der Waals surface area (Å²) in [6.07, 6.45) is 2.04. The van der Waals surface area contributed by atoms with Gasteiger partial charge in [0.1, 0.15) is 5.82 Å². The molecule has 0 aliphatic heterocycles. The zero-order chi connectivity index (χ0) is 14.8. The van der Waals surface area contributed by atoms with Gasteiger partial charge in [-0.3, -0.25) is 4.79 Å². The van der Waals surface area contributed by atoms with E-state index in [1.807, 2.05) is 13.8 Å². The van der Waals surface area contributed by atoms with Gasteiger partial charge in [-0.15, -0.1) is 0 Å². The molecular weight excluding hydrogens is 257 g/mol. The fraction of sp³-hybridized carbons (Fsp3) is 0.562. The number of halogens is 1. The van der Waals surface area contributed by atoms with Crippen molar-refractivity contribution in [3.8, 4) is 0 Å². The Morgan fingerprint density at radius 2 is 1.95 bits per heavy atom. The highest BCUT2D eigenvalue weighted by atomic mass is 19.1. The van der Waals surface area contributed by atoms with Crippen molar-refractivity contribution in [2.24, 2.45) is 5.92 Å². The molecule has 110 valence electrons. The lowest BCUT2D eigenvalue weighted by atomic mass is 9.97. The van der Waals surface area contributed by atoms with Crippen LogP contribution in [0.1, 0.15) is 44.6 Å². The highest BCUT2D eigenvalue weighted by molar-refractivity contribution is 5.82. The molecule has 1 aliphatic carbocycles. The smallest absolute Gasteiger partial charge is 0.223 e. The largest absolute Gasteiger partial charge is 0.388 e. The minimum absolute atomic E-state index is 0.0142. The van der Waals surface area contributed by atoms with Gasteiger partial charge in [0.05, 0.1) is 5.60 Å². The van der Waals surface area contributed by atoms with Crippen molar-refractivity contribution in [1.82, 2.24) is 5.32 Å². The molecule has 2 atom stereocenters. The molecule has 0 radical (unpaired) electrons. The van der Waals surface area contributed by atoms with E-state index in [1.54, 1.807) is 12.1 Å². The molecule has 0 spiro atoms. The summed E-state index contributed by atoms with van der Waals surface area (Å²) in [6, 6.07) is 6.33. The van der Waals surface area contributed by atoms with E-state index in [1.165, 1.54) is 12.1 Å². The second kappa shape index (κ2) is 5.92. The first kappa shape index (κ1) is 15.0. The fourth-order valence-corrected chi connectivity index (χ4v) is 2.45. The van der Waals surface area contributed by atoms with Gasteiger partial charge < -0.3 is 10.4 Å². The number of carbonyl (C=O) groups is 1. The Kier molecular flexibility index (Phi) is 4.43. The first-order valence-electron chi connectivity index (χ1n) is 7.24. The Balaban J connectivity index is 1.86. The average molecular weight is 279 g/mol. The van der Waals surface area contributed by atoms with Crippen molar-refractivity contribution in [1.29, 1.82) is 0 Å². The third-order valence-electron chi connectivity index (χ3n) is 4.33. The molecular formula is C16H22FNO2. The van der Waals surface area contributed by atoms with Crippen LogP contribution in [0.25, 0.3) is 0 Å². The van der Waals surface area contributed by atoms with Gasteiger partial charge in [-0.2, -0.15) is 0 Å². The number of hydrogen-bond donors (Lipinski definition) is 2. The first-order valence-corrected chi connectivity index (χ1v) is 7.24. The molecule has 4 heteroatoms. The number of aliphatic hydroxyl groups is 1. The van der Waals surface area contributed by atoms with Crippen molar-refractivity contribution >= 4 is 5.91 Å². The Morgan fingerprint density at radius 1 is 1.35 bits per heavy atom. The second-order valence-corrected chi connectivity index (χ2v) is 5.65. The number of rotatable bonds is 6. The van der Waals surface area contributed by atoms with Gasteiger partial charge in [0.15, 0.2) is 0 Å². The standard InChI is InChI=1S/C16H22FNO2/c1-3-16(20,4-2)10-18-15(19)14-9-13(14)11-5-7-12(17)8-6-11/h5-8,13-14,20H,3-4,9-10H2,1-2H3,(H,18,19). The Bertz CT molecular complexity index is 468. The summed E-state index contributed by atoms with van der Waals surface area (Å²) in [5.74, 6) is -0.128. The minimum atomic E-state index is -0.810. The molecule has 1 amide bonds. The summed E-state index contributed by atoms with van der Waals surface area (Å²) in [4.78, 5) is 12.0. The molecule has 1 saturated carbocycles. The van der Waals surface area contributed by atoms with Crippen LogP contribution in [0.3, 0.4) is 0 Å². The predicted molar refractivity (Wildman–Crippen MR) is 75.8 cm³/mol. The van der Waals surface area contributed by atoms with Crippen LogP contribution < -0.4 is 5.32 Å². The molecule has 20 heavy (non-hydrogen) atoms. The number of amides is 1. The third kappa shape index (κ3) is 3.37. The molecule has 2 unspecified atom stereocenters. The zero-order valence-electron chi connectivity index (χ0n) is 12.0. The highest BCUT2D eigenvalue weighted by Gasteiger charge is 2.44. The maximum atomic E-state index is 12.8. The van der Waals surface area contributed by atoms with Gasteiger partial charge in [-0.1, -0.05) is 26.0 Å². The van der Waals surface area contributed by atoms with Gasteiger partial charge in [0, 0.05) is 12.5 Å². The SMILES string of the molecule is CCC(O)(CC)CNC(=O)C1CC1c1ccc(F)cc1. The van der Waals surface area contributed by atoms with Gasteiger partial charge in [-0.05, 0) is 42.9 Å². The summed E-state index contributed by atoms with van der Waals surface area (Å²) < 4.78 is 12.8. The molecule has 2 N–H and O–H groups in total. The number of nitrogens with one attached hydrogen (secondary N) is 1. The monoisotopic (exact) mass is 279 g/mol. The quantitative estimate of drug-likeness (QED) is 0.841. The summed E-state index contributed by atoms with van der Waals surface area (Å²) in [5.41, 5.74) is 0.198. The van der Waals surface area contributed by atoms with E-state index in [9.17, 15) is 14.3 Å². The molecule has 2 rings (SSSR count). The molecule has 0 bridgehead atoms. The van der Waals surface area contributed by atoms with Gasteiger partial charge in [0.2, 0.25) is 5.91 Å². The van der Waals surface area contributed by atoms with E-state index in [2.05, 4.69) is 5.32 Å². The molecule has 0 aromatic heterocycles. The molecule has 0 saturated heterocycles. The molecule has 1 aliphatic rings. The maximum absolute atomic E-state index is 12.8. The van der Waals surface area contributed by atoms with E-state index >= 15 is 0 Å². The molecule has 0 heterocycles. The van der Waals surface area contributed by atoms with E-state index < -0.39 is 5.60 Å². The summed E-state index contributed by atoms with van der Waals surface area (Å²) in [5, 5.41) is 13.0. The predicted octanol–water partition coefficient (Wildman–Crippen LogP) is 2.60. The molecule has 3 nitrogen and oxygen atoms in total. The first-order chi connectivity index (χ1) is 9.49. The topological polar surface area (TPSA) is 49.3 Å². The second-order valence-electron chi connectivity index (χ2n) is 5.65. The van der Waals surface area contributed by atoms with Gasteiger partial charge in [0.25, 0.3) is 0 Å². The Hall–Kier alpha value is -1.42. The summed E-state index contributed by atoms with van der Waals surface area (Å²) in [6.45, 7) is 4.12. The highest BCUT2D eigenvalue weighted by Crippen LogP contribution is 2.47. The van der Waals surface area contributed by atoms with E-state index in [0.717, 1.165) is 12.0 Å². The summed E-state index contributed by atoms with van der Waals surface area (Å²) >= 11 is 0. The molecule has 1 fully saturated rings. The van der Waals surface area contributed by atoms with Crippen LogP contribution in [-0.2, 0) is 4.79 Å². The van der Waals surface area contributed by atoms with Crippen LogP contribution in [0.5, 0.6) is 0 Å². The normalized spacial score (nSPS) is 21.6. The maximum Gasteiger partial charge on any atom is 0.223 e. The van der Waals surface area contributed by atoms with Crippen molar-refractivity contribution in [3.05, 3.63) is 35.6 Å². The Labute approximate surface area is 119 Å². The molecule has 1 aromatic rings. The number of benzene rings is 1. The lowest BCUT2D eigenvalue weighted by molar-refractivity contribution is -0.123. The van der Waals surface area contributed by atoms with E-state index in [4.69, 9.17) is 0 Å². The van der Waals surface area contributed by atoms with Gasteiger partial charge in [-0.25, -0.2) is 4.39 Å². The Morgan fingerprint density at radius 3 is 2.50 bits per heavy atom. The van der Waals surface area contributed by atoms with Crippen molar-refractivity contribution in [3.63, 3.8) is 0 Å². The van der Waals surface area contributed by atoms with Crippen molar-refractivity contribution in [2.45, 2.75) is 44.6 Å². The van der Waals surface area contributed by atoms with Crippen LogP contribution >= 0.6 is 0 Å². The van der Waals surface area contributed by atoms with Gasteiger partial charge >= 0.3 is 0 Å². The van der Waals surface area contributed by atoms with Crippen LogP contribution in [0, 0.1) is 11.7 Å². The van der Waals surface area contributed by atoms with Crippen LogP contribution in [0.4, 0.5) is 4.39 Å². The molecule has 1 aromatic carbocycles. The van der Waals surface area contributed by atoms with Crippen LogP contribution in [0.15, 0.2) is 24.3 Å². The van der Waals surface area contributed by atoms with E-state index in [0.29, 0.717) is 19.4 Å². The fourth-order valence-electron chi connectivity index (χ4n) is 2.45. The number of carbonyl (C=O) groups excluding carboxylic acids is 1. The average Bonchev–Trinajstić information content (AvgIpc) is 3.26. The lowest BCUT2D eigenvalue weighted by Crippen LogP contribution is -2.42. The van der Waals surface area contributed by atoms with E-state index in [-0.39, 0.29) is 23.6 Å². The third-order valence-corrected chi connectivity index (χ3v) is 4.33. The van der Waals surface area contributed by atoms with Crippen molar-refractivity contribution in [2.75, 3.05) is 6.54 Å². The van der Waals surface area contributed by atoms with Crippen LogP contribution in [-0.4, -0.2) is 23.2 Å². The van der Waals surface area contributed by atoms with Crippen molar-refractivity contribution < 1.29 is 14.3 Å². The zero-order valence-corrected chi connectivity index (χ0v) is 12.0. The minimum Gasteiger partial charge on any atom is -0.388 e. The summed E-state index contributed by atoms with van der Waals surface area (Å²) in [7, 11) is 0. The number of hydrogen-bond acceptors (Lipinski definition) is 2. The lowest BCUT2D eigenvalue weighted by Gasteiger charge is -2.25. The van der Waals surface area contributed by atoms with Crippen LogP contribution in [0.2, 0.25) is 0 Å².